The van der Waals surface area contributed by atoms with Crippen LogP contribution < -0.4 is 15.0 Å². The Labute approximate surface area is 185 Å². The number of hydrogen-bond donors (Lipinski definition) is 1. The van der Waals surface area contributed by atoms with E-state index in [4.69, 9.17) is 16.3 Å². The molecule has 2 heterocycles. The highest BCUT2D eigenvalue weighted by atomic mass is 35.5. The lowest BCUT2D eigenvalue weighted by Gasteiger charge is -2.32. The molecule has 8 heteroatoms. The van der Waals surface area contributed by atoms with E-state index in [0.717, 1.165) is 5.82 Å². The molecule has 0 atom stereocenters. The number of amides is 1. The van der Waals surface area contributed by atoms with Crippen LogP contribution in [0.25, 0.3) is 11.3 Å². The van der Waals surface area contributed by atoms with Crippen molar-refractivity contribution in [3.8, 4) is 17.0 Å². The first kappa shape index (κ1) is 21.1. The van der Waals surface area contributed by atoms with Crippen molar-refractivity contribution >= 4 is 29.0 Å². The molecule has 31 heavy (non-hydrogen) atoms. The zero-order valence-corrected chi connectivity index (χ0v) is 17.8. The van der Waals surface area contributed by atoms with Gasteiger partial charge in [-0.1, -0.05) is 23.7 Å². The number of rotatable bonds is 5. The zero-order valence-electron chi connectivity index (χ0n) is 17.0. The molecule has 1 aliphatic rings. The summed E-state index contributed by atoms with van der Waals surface area (Å²) in [6, 6.07) is 15.1. The van der Waals surface area contributed by atoms with Gasteiger partial charge in [0.05, 0.1) is 18.5 Å². The van der Waals surface area contributed by atoms with E-state index in [2.05, 4.69) is 20.4 Å². The molecular formula is C23H22ClFN4O2. The quantitative estimate of drug-likeness (QED) is 0.617. The van der Waals surface area contributed by atoms with Crippen molar-refractivity contribution in [2.75, 3.05) is 30.4 Å². The van der Waals surface area contributed by atoms with Gasteiger partial charge >= 0.3 is 0 Å². The molecule has 160 valence electrons. The molecule has 0 aliphatic carbocycles. The second-order valence-electron chi connectivity index (χ2n) is 7.38. The number of aromatic nitrogens is 2. The van der Waals surface area contributed by atoms with Gasteiger partial charge in [0.1, 0.15) is 11.6 Å². The highest BCUT2D eigenvalue weighted by Crippen LogP contribution is 2.30. The fourth-order valence-electron chi connectivity index (χ4n) is 3.68. The molecule has 0 bridgehead atoms. The van der Waals surface area contributed by atoms with E-state index in [1.54, 1.807) is 37.4 Å². The Morgan fingerprint density at radius 1 is 1.13 bits per heavy atom. The normalized spacial score (nSPS) is 14.4. The van der Waals surface area contributed by atoms with Gasteiger partial charge in [-0.15, -0.1) is 10.2 Å². The molecule has 6 nitrogen and oxygen atoms in total. The minimum atomic E-state index is -0.306. The van der Waals surface area contributed by atoms with E-state index in [9.17, 15) is 9.18 Å². The fraction of sp³-hybridized carbons (Fsp3) is 0.261. The third-order valence-corrected chi connectivity index (χ3v) is 5.62. The van der Waals surface area contributed by atoms with E-state index in [0.29, 0.717) is 53.6 Å². The number of methoxy groups -OCH3 is 1. The number of benzene rings is 2. The van der Waals surface area contributed by atoms with Crippen molar-refractivity contribution in [1.29, 1.82) is 0 Å². The summed E-state index contributed by atoms with van der Waals surface area (Å²) < 4.78 is 18.7. The van der Waals surface area contributed by atoms with Gasteiger partial charge in [0, 0.05) is 29.6 Å². The number of nitrogens with one attached hydrogen (secondary N) is 1. The van der Waals surface area contributed by atoms with E-state index in [1.165, 1.54) is 12.1 Å². The third-order valence-electron chi connectivity index (χ3n) is 5.38. The minimum absolute atomic E-state index is 0.0484. The van der Waals surface area contributed by atoms with Crippen LogP contribution in [0.4, 0.5) is 15.9 Å². The average Bonchev–Trinajstić information content (AvgIpc) is 2.79. The van der Waals surface area contributed by atoms with Gasteiger partial charge in [0.15, 0.2) is 5.82 Å². The van der Waals surface area contributed by atoms with Gasteiger partial charge in [-0.25, -0.2) is 4.39 Å². The molecular weight excluding hydrogens is 419 g/mol. The van der Waals surface area contributed by atoms with Crippen LogP contribution in [0.2, 0.25) is 5.02 Å². The maximum atomic E-state index is 13.4. The van der Waals surface area contributed by atoms with Gasteiger partial charge in [-0.3, -0.25) is 4.79 Å². The number of carbonyl (C=O) groups is 1. The lowest BCUT2D eigenvalue weighted by atomic mass is 9.95. The Hall–Kier alpha value is -3.19. The smallest absolute Gasteiger partial charge is 0.227 e. The van der Waals surface area contributed by atoms with Crippen molar-refractivity contribution in [2.24, 2.45) is 5.92 Å². The van der Waals surface area contributed by atoms with Crippen LogP contribution in [0.15, 0.2) is 54.6 Å². The lowest BCUT2D eigenvalue weighted by Crippen LogP contribution is -2.38. The Bertz CT molecular complexity index is 1070. The molecule has 0 saturated carbocycles. The predicted octanol–water partition coefficient (Wildman–Crippen LogP) is 4.80. The molecule has 1 saturated heterocycles. The standard InChI is InChI=1S/C23H22ClFN4O2/c1-31-21-7-5-17(24)14-20(21)26-23(30)15-9-11-29(12-10-15)22-8-6-19(27-28-22)16-3-2-4-18(25)13-16/h2-8,13-15H,9-12H2,1H3,(H,26,30). The fourth-order valence-corrected chi connectivity index (χ4v) is 3.85. The highest BCUT2D eigenvalue weighted by Gasteiger charge is 2.26. The summed E-state index contributed by atoms with van der Waals surface area (Å²) in [7, 11) is 1.55. The Balaban J connectivity index is 1.36. The molecule has 1 N–H and O–H groups in total. The summed E-state index contributed by atoms with van der Waals surface area (Å²) in [6.45, 7) is 1.39. The predicted molar refractivity (Wildman–Crippen MR) is 119 cm³/mol. The number of anilines is 2. The van der Waals surface area contributed by atoms with Gasteiger partial charge in [-0.2, -0.15) is 0 Å². The number of nitrogens with zero attached hydrogens (tertiary/aromatic N) is 3. The second kappa shape index (κ2) is 9.31. The summed E-state index contributed by atoms with van der Waals surface area (Å²) in [5.41, 5.74) is 1.88. The van der Waals surface area contributed by atoms with Gasteiger partial charge in [-0.05, 0) is 55.3 Å². The minimum Gasteiger partial charge on any atom is -0.495 e. The molecule has 1 aliphatic heterocycles. The van der Waals surface area contributed by atoms with Crippen LogP contribution in [0.5, 0.6) is 5.75 Å². The van der Waals surface area contributed by atoms with Crippen LogP contribution in [-0.4, -0.2) is 36.3 Å². The molecule has 0 radical (unpaired) electrons. The molecule has 3 aromatic rings. The van der Waals surface area contributed by atoms with Crippen molar-refractivity contribution < 1.29 is 13.9 Å². The number of ether oxygens (including phenoxy) is 1. The maximum absolute atomic E-state index is 13.4. The van der Waals surface area contributed by atoms with Crippen LogP contribution in [0.1, 0.15) is 12.8 Å². The first-order chi connectivity index (χ1) is 15.0. The Kier molecular flexibility index (Phi) is 6.32. The maximum Gasteiger partial charge on any atom is 0.227 e. The van der Waals surface area contributed by atoms with Crippen LogP contribution in [0.3, 0.4) is 0 Å². The van der Waals surface area contributed by atoms with Crippen LogP contribution in [-0.2, 0) is 4.79 Å². The number of halogens is 2. The summed E-state index contributed by atoms with van der Waals surface area (Å²) >= 11 is 6.04. The average molecular weight is 441 g/mol. The lowest BCUT2D eigenvalue weighted by molar-refractivity contribution is -0.120. The Morgan fingerprint density at radius 3 is 2.61 bits per heavy atom. The SMILES string of the molecule is COc1ccc(Cl)cc1NC(=O)C1CCN(c2ccc(-c3cccc(F)c3)nn2)CC1. The van der Waals surface area contributed by atoms with Crippen molar-refractivity contribution in [1.82, 2.24) is 10.2 Å². The largest absolute Gasteiger partial charge is 0.495 e. The summed E-state index contributed by atoms with van der Waals surface area (Å²) in [5, 5.41) is 12.0. The van der Waals surface area contributed by atoms with E-state index in [1.807, 2.05) is 12.1 Å². The van der Waals surface area contributed by atoms with Crippen LogP contribution in [0, 0.1) is 11.7 Å². The summed E-state index contributed by atoms with van der Waals surface area (Å²) in [6.07, 6.45) is 1.39. The molecule has 1 fully saturated rings. The van der Waals surface area contributed by atoms with E-state index in [-0.39, 0.29) is 17.6 Å². The van der Waals surface area contributed by atoms with Gasteiger partial charge < -0.3 is 15.0 Å². The summed E-state index contributed by atoms with van der Waals surface area (Å²) in [4.78, 5) is 14.8. The molecule has 2 aromatic carbocycles. The number of carbonyl (C=O) groups excluding carboxylic acids is 1. The molecule has 0 unspecified atom stereocenters. The number of hydrogen-bond acceptors (Lipinski definition) is 5. The van der Waals surface area contributed by atoms with Crippen molar-refractivity contribution in [3.05, 3.63) is 65.4 Å². The van der Waals surface area contributed by atoms with Crippen molar-refractivity contribution in [2.45, 2.75) is 12.8 Å². The van der Waals surface area contributed by atoms with Gasteiger partial charge in [0.2, 0.25) is 5.91 Å². The second-order valence-corrected chi connectivity index (χ2v) is 7.82. The topological polar surface area (TPSA) is 67.3 Å². The van der Waals surface area contributed by atoms with Crippen molar-refractivity contribution in [3.63, 3.8) is 0 Å². The number of piperidine rings is 1. The van der Waals surface area contributed by atoms with E-state index < -0.39 is 0 Å². The first-order valence-corrected chi connectivity index (χ1v) is 10.4. The van der Waals surface area contributed by atoms with Gasteiger partial charge in [0.25, 0.3) is 0 Å². The zero-order chi connectivity index (χ0) is 21.8. The molecule has 1 amide bonds. The Morgan fingerprint density at radius 2 is 1.94 bits per heavy atom. The molecule has 0 spiro atoms. The van der Waals surface area contributed by atoms with E-state index >= 15 is 0 Å². The van der Waals surface area contributed by atoms with Crippen LogP contribution >= 0.6 is 11.6 Å². The summed E-state index contributed by atoms with van der Waals surface area (Å²) in [5.74, 6) is 0.853. The monoisotopic (exact) mass is 440 g/mol. The third kappa shape index (κ3) is 4.94. The highest BCUT2D eigenvalue weighted by molar-refractivity contribution is 6.31. The first-order valence-electron chi connectivity index (χ1n) is 10.0. The molecule has 4 rings (SSSR count). The molecule has 1 aromatic heterocycles.